The highest BCUT2D eigenvalue weighted by Gasteiger charge is 2.18. The van der Waals surface area contributed by atoms with E-state index in [-0.39, 0.29) is 18.3 Å². The average Bonchev–Trinajstić information content (AvgIpc) is 2.96. The number of halogens is 1. The van der Waals surface area contributed by atoms with Crippen molar-refractivity contribution in [3.05, 3.63) is 89.7 Å². The van der Waals surface area contributed by atoms with Crippen LogP contribution in [0.5, 0.6) is 5.75 Å². The van der Waals surface area contributed by atoms with Crippen molar-refractivity contribution in [2.24, 2.45) is 0 Å². The molecule has 0 fully saturated rings. The van der Waals surface area contributed by atoms with Crippen molar-refractivity contribution < 1.29 is 13.9 Å². The van der Waals surface area contributed by atoms with Gasteiger partial charge in [-0.3, -0.25) is 4.79 Å². The summed E-state index contributed by atoms with van der Waals surface area (Å²) in [5.41, 5.74) is 3.74. The molecule has 1 aliphatic heterocycles. The summed E-state index contributed by atoms with van der Waals surface area (Å²) in [6.07, 6.45) is 2.94. The lowest BCUT2D eigenvalue weighted by Crippen LogP contribution is -2.34. The molecular formula is C25H25FN2O2. The summed E-state index contributed by atoms with van der Waals surface area (Å²) in [6.45, 7) is 1.44. The quantitative estimate of drug-likeness (QED) is 0.615. The number of hydrogen-bond donors (Lipinski definition) is 1. The molecule has 1 aliphatic rings. The van der Waals surface area contributed by atoms with E-state index in [0.717, 1.165) is 48.4 Å². The summed E-state index contributed by atoms with van der Waals surface area (Å²) in [5.74, 6) is 0.353. The van der Waals surface area contributed by atoms with Gasteiger partial charge in [-0.2, -0.15) is 0 Å². The molecule has 0 aromatic heterocycles. The third-order valence-corrected chi connectivity index (χ3v) is 5.23. The maximum Gasteiger partial charge on any atom is 0.243 e. The van der Waals surface area contributed by atoms with E-state index in [0.29, 0.717) is 12.3 Å². The number of ether oxygens (including phenoxy) is 1. The second-order valence-corrected chi connectivity index (χ2v) is 7.50. The fourth-order valence-corrected chi connectivity index (χ4v) is 3.69. The second-order valence-electron chi connectivity index (χ2n) is 7.50. The molecule has 5 heteroatoms. The molecule has 1 N–H and O–H groups in total. The van der Waals surface area contributed by atoms with Crippen LogP contribution in [0.25, 0.3) is 0 Å². The number of carbonyl (C=O) groups is 1. The molecule has 3 aromatic rings. The lowest BCUT2D eigenvalue weighted by molar-refractivity contribution is -0.115. The largest absolute Gasteiger partial charge is 0.489 e. The predicted molar refractivity (Wildman–Crippen MR) is 117 cm³/mol. The number of nitrogens with one attached hydrogen (secondary N) is 1. The fourth-order valence-electron chi connectivity index (χ4n) is 3.69. The highest BCUT2D eigenvalue weighted by atomic mass is 19.1. The lowest BCUT2D eigenvalue weighted by Gasteiger charge is -2.24. The molecule has 0 atom stereocenters. The van der Waals surface area contributed by atoms with E-state index in [4.69, 9.17) is 4.74 Å². The third kappa shape index (κ3) is 5.17. The zero-order chi connectivity index (χ0) is 20.8. The Morgan fingerprint density at radius 2 is 1.80 bits per heavy atom. The Balaban J connectivity index is 1.34. The fraction of sp³-hybridized carbons (Fsp3) is 0.240. The molecule has 30 heavy (non-hydrogen) atoms. The van der Waals surface area contributed by atoms with E-state index >= 15 is 0 Å². The second kappa shape index (κ2) is 9.44. The van der Waals surface area contributed by atoms with Gasteiger partial charge in [0.1, 0.15) is 18.2 Å². The zero-order valence-corrected chi connectivity index (χ0v) is 16.8. The molecule has 1 amide bonds. The molecule has 4 nitrogen and oxygen atoms in total. The number of anilines is 2. The first-order chi connectivity index (χ1) is 14.7. The number of hydrogen-bond acceptors (Lipinski definition) is 3. The molecule has 4 rings (SSSR count). The summed E-state index contributed by atoms with van der Waals surface area (Å²) in [7, 11) is 0. The van der Waals surface area contributed by atoms with Crippen molar-refractivity contribution in [3.63, 3.8) is 0 Å². The molecule has 0 spiro atoms. The molecular weight excluding hydrogens is 379 g/mol. The Hall–Kier alpha value is -3.34. The van der Waals surface area contributed by atoms with Crippen LogP contribution in [0.1, 0.15) is 24.0 Å². The van der Waals surface area contributed by atoms with Gasteiger partial charge >= 0.3 is 0 Å². The Morgan fingerprint density at radius 1 is 1.00 bits per heavy atom. The molecule has 0 saturated carbocycles. The van der Waals surface area contributed by atoms with Gasteiger partial charge in [-0.25, -0.2) is 4.39 Å². The minimum atomic E-state index is -0.271. The monoisotopic (exact) mass is 404 g/mol. The van der Waals surface area contributed by atoms with Crippen LogP contribution in [-0.4, -0.2) is 19.0 Å². The standard InChI is InChI=1S/C25H25FN2O2/c26-21-10-9-20-8-4-5-15-28(24(20)16-21)17-25(29)27-22-11-13-23(14-12-22)30-18-19-6-2-1-3-7-19/h1-3,6-7,9-14,16H,4-5,8,15,17-18H2,(H,27,29). The number of carbonyl (C=O) groups excluding carboxylic acids is 1. The van der Waals surface area contributed by atoms with Crippen LogP contribution in [0, 0.1) is 5.82 Å². The molecule has 0 unspecified atom stereocenters. The van der Waals surface area contributed by atoms with Gasteiger partial charge in [-0.15, -0.1) is 0 Å². The Labute approximate surface area is 176 Å². The molecule has 3 aromatic carbocycles. The van der Waals surface area contributed by atoms with E-state index in [1.165, 1.54) is 12.1 Å². The Bertz CT molecular complexity index is 990. The van der Waals surface area contributed by atoms with Gasteiger partial charge in [0.25, 0.3) is 0 Å². The molecule has 1 heterocycles. The van der Waals surface area contributed by atoms with Crippen LogP contribution in [0.15, 0.2) is 72.8 Å². The Kier molecular flexibility index (Phi) is 6.28. The SMILES string of the molecule is O=C(CN1CCCCc2ccc(F)cc21)Nc1ccc(OCc2ccccc2)cc1. The normalized spacial score (nSPS) is 13.3. The lowest BCUT2D eigenvalue weighted by atomic mass is 10.1. The third-order valence-electron chi connectivity index (χ3n) is 5.23. The number of nitrogens with zero attached hydrogens (tertiary/aromatic N) is 1. The maximum absolute atomic E-state index is 13.8. The van der Waals surface area contributed by atoms with Crippen molar-refractivity contribution in [3.8, 4) is 5.75 Å². The summed E-state index contributed by atoms with van der Waals surface area (Å²) >= 11 is 0. The van der Waals surface area contributed by atoms with Gasteiger partial charge in [0.05, 0.1) is 6.54 Å². The summed E-state index contributed by atoms with van der Waals surface area (Å²) in [4.78, 5) is 14.6. The highest BCUT2D eigenvalue weighted by molar-refractivity contribution is 5.94. The topological polar surface area (TPSA) is 41.6 Å². The van der Waals surface area contributed by atoms with Gasteiger partial charge < -0.3 is 15.0 Å². The zero-order valence-electron chi connectivity index (χ0n) is 16.8. The van der Waals surface area contributed by atoms with Crippen molar-refractivity contribution in [1.29, 1.82) is 0 Å². The molecule has 0 saturated heterocycles. The number of fused-ring (bicyclic) bond motifs is 1. The van der Waals surface area contributed by atoms with Crippen molar-refractivity contribution in [2.45, 2.75) is 25.9 Å². The van der Waals surface area contributed by atoms with E-state index in [2.05, 4.69) is 5.32 Å². The first-order valence-corrected chi connectivity index (χ1v) is 10.3. The molecule has 0 radical (unpaired) electrons. The van der Waals surface area contributed by atoms with Gasteiger partial charge in [0.2, 0.25) is 5.91 Å². The minimum absolute atomic E-state index is 0.120. The number of rotatable bonds is 6. The van der Waals surface area contributed by atoms with E-state index in [1.54, 1.807) is 0 Å². The molecule has 0 aliphatic carbocycles. The summed E-state index contributed by atoms with van der Waals surface area (Å²) in [6, 6.07) is 22.2. The van der Waals surface area contributed by atoms with Gasteiger partial charge in [0.15, 0.2) is 0 Å². The van der Waals surface area contributed by atoms with E-state index < -0.39 is 0 Å². The minimum Gasteiger partial charge on any atom is -0.489 e. The number of aryl methyl sites for hydroxylation is 1. The van der Waals surface area contributed by atoms with Crippen LogP contribution in [0.3, 0.4) is 0 Å². The van der Waals surface area contributed by atoms with Crippen LogP contribution < -0.4 is 15.0 Å². The molecule has 154 valence electrons. The van der Waals surface area contributed by atoms with Crippen molar-refractivity contribution in [2.75, 3.05) is 23.3 Å². The van der Waals surface area contributed by atoms with E-state index in [1.807, 2.05) is 65.6 Å². The van der Waals surface area contributed by atoms with Crippen LogP contribution in [-0.2, 0) is 17.8 Å². The smallest absolute Gasteiger partial charge is 0.243 e. The van der Waals surface area contributed by atoms with Crippen LogP contribution >= 0.6 is 0 Å². The number of amides is 1. The van der Waals surface area contributed by atoms with Crippen LogP contribution in [0.2, 0.25) is 0 Å². The van der Waals surface area contributed by atoms with Gasteiger partial charge in [0, 0.05) is 17.9 Å². The first kappa shape index (κ1) is 20.0. The molecule has 0 bridgehead atoms. The average molecular weight is 404 g/mol. The summed E-state index contributed by atoms with van der Waals surface area (Å²) < 4.78 is 19.5. The Morgan fingerprint density at radius 3 is 2.60 bits per heavy atom. The predicted octanol–water partition coefficient (Wildman–Crippen LogP) is 5.19. The maximum atomic E-state index is 13.8. The first-order valence-electron chi connectivity index (χ1n) is 10.3. The highest BCUT2D eigenvalue weighted by Crippen LogP contribution is 2.27. The van der Waals surface area contributed by atoms with Gasteiger partial charge in [-0.05, 0) is 66.8 Å². The van der Waals surface area contributed by atoms with Crippen molar-refractivity contribution in [1.82, 2.24) is 0 Å². The van der Waals surface area contributed by atoms with Crippen LogP contribution in [0.4, 0.5) is 15.8 Å². The summed E-state index contributed by atoms with van der Waals surface area (Å²) in [5, 5.41) is 2.93. The number of benzene rings is 3. The van der Waals surface area contributed by atoms with Crippen molar-refractivity contribution >= 4 is 17.3 Å². The van der Waals surface area contributed by atoms with E-state index in [9.17, 15) is 9.18 Å². The van der Waals surface area contributed by atoms with Gasteiger partial charge in [-0.1, -0.05) is 36.4 Å².